The molecular formula is C12H16ClN3. The maximum Gasteiger partial charge on any atom is 0.224 e. The molecule has 0 spiro atoms. The standard InChI is InChI=1S/C12H16ClN3/c1-3-9(4-2)8-16-6-5-10-7-14-12(13)15-11(10)16/h5-7,9H,3-4,8H2,1-2H3. The van der Waals surface area contributed by atoms with Crippen LogP contribution in [-0.2, 0) is 6.54 Å². The summed E-state index contributed by atoms with van der Waals surface area (Å²) in [5, 5.41) is 1.37. The van der Waals surface area contributed by atoms with Crippen LogP contribution in [0.4, 0.5) is 0 Å². The molecule has 0 N–H and O–H groups in total. The van der Waals surface area contributed by atoms with E-state index >= 15 is 0 Å². The van der Waals surface area contributed by atoms with Gasteiger partial charge in [-0.1, -0.05) is 26.7 Å². The molecule has 2 rings (SSSR count). The van der Waals surface area contributed by atoms with Crippen LogP contribution >= 0.6 is 11.6 Å². The second kappa shape index (κ2) is 4.83. The van der Waals surface area contributed by atoms with Crippen LogP contribution in [0.3, 0.4) is 0 Å². The molecule has 0 aliphatic rings. The largest absolute Gasteiger partial charge is 0.332 e. The van der Waals surface area contributed by atoms with Gasteiger partial charge in [0.2, 0.25) is 5.28 Å². The molecule has 0 radical (unpaired) electrons. The highest BCUT2D eigenvalue weighted by Gasteiger charge is 2.08. The second-order valence-corrected chi connectivity index (χ2v) is 4.41. The van der Waals surface area contributed by atoms with E-state index in [-0.39, 0.29) is 0 Å². The molecule has 0 bridgehead atoms. The number of halogens is 1. The normalized spacial score (nSPS) is 11.5. The SMILES string of the molecule is CCC(CC)Cn1ccc2cnc(Cl)nc21. The molecule has 2 aromatic rings. The van der Waals surface area contributed by atoms with E-state index in [9.17, 15) is 0 Å². The number of rotatable bonds is 4. The lowest BCUT2D eigenvalue weighted by Crippen LogP contribution is -2.08. The van der Waals surface area contributed by atoms with Crippen molar-refractivity contribution in [2.45, 2.75) is 33.2 Å². The first-order valence-electron chi connectivity index (χ1n) is 5.72. The van der Waals surface area contributed by atoms with Gasteiger partial charge in [0.15, 0.2) is 0 Å². The van der Waals surface area contributed by atoms with Gasteiger partial charge < -0.3 is 4.57 Å². The van der Waals surface area contributed by atoms with Gasteiger partial charge in [0.1, 0.15) is 5.65 Å². The molecule has 2 aromatic heterocycles. The Morgan fingerprint density at radius 1 is 1.38 bits per heavy atom. The quantitative estimate of drug-likeness (QED) is 0.762. The van der Waals surface area contributed by atoms with E-state index in [2.05, 4.69) is 34.6 Å². The molecule has 3 nitrogen and oxygen atoms in total. The Balaban J connectivity index is 2.33. The summed E-state index contributed by atoms with van der Waals surface area (Å²) < 4.78 is 2.17. The third-order valence-corrected chi connectivity index (χ3v) is 3.26. The summed E-state index contributed by atoms with van der Waals surface area (Å²) in [6, 6.07) is 2.04. The molecule has 0 unspecified atom stereocenters. The van der Waals surface area contributed by atoms with Gasteiger partial charge in [-0.25, -0.2) is 4.98 Å². The van der Waals surface area contributed by atoms with Gasteiger partial charge >= 0.3 is 0 Å². The average molecular weight is 238 g/mol. The molecule has 86 valence electrons. The molecule has 0 fully saturated rings. The van der Waals surface area contributed by atoms with Crippen LogP contribution in [0.2, 0.25) is 5.28 Å². The minimum Gasteiger partial charge on any atom is -0.332 e. The van der Waals surface area contributed by atoms with Crippen molar-refractivity contribution < 1.29 is 0 Å². The van der Waals surface area contributed by atoms with Crippen LogP contribution in [-0.4, -0.2) is 14.5 Å². The Labute approximate surface area is 100 Å². The Kier molecular flexibility index (Phi) is 3.44. The van der Waals surface area contributed by atoms with Crippen molar-refractivity contribution in [2.24, 2.45) is 5.92 Å². The summed E-state index contributed by atoms with van der Waals surface area (Å²) in [5.41, 5.74) is 0.937. The molecule has 0 aliphatic heterocycles. The summed E-state index contributed by atoms with van der Waals surface area (Å²) in [7, 11) is 0. The number of nitrogens with zero attached hydrogens (tertiary/aromatic N) is 3. The highest BCUT2D eigenvalue weighted by molar-refractivity contribution is 6.28. The van der Waals surface area contributed by atoms with Crippen LogP contribution < -0.4 is 0 Å². The highest BCUT2D eigenvalue weighted by Crippen LogP contribution is 2.18. The van der Waals surface area contributed by atoms with Crippen LogP contribution in [0.5, 0.6) is 0 Å². The van der Waals surface area contributed by atoms with Crippen molar-refractivity contribution in [3.05, 3.63) is 23.7 Å². The Bertz CT molecular complexity index is 474. The minimum absolute atomic E-state index is 0.317. The van der Waals surface area contributed by atoms with Crippen molar-refractivity contribution in [3.8, 4) is 0 Å². The van der Waals surface area contributed by atoms with Crippen LogP contribution in [0, 0.1) is 5.92 Å². The summed E-state index contributed by atoms with van der Waals surface area (Å²) >= 11 is 5.82. The van der Waals surface area contributed by atoms with Gasteiger partial charge in [-0.3, -0.25) is 0 Å². The molecule has 0 saturated carbocycles. The van der Waals surface area contributed by atoms with E-state index in [4.69, 9.17) is 11.6 Å². The van der Waals surface area contributed by atoms with Crippen molar-refractivity contribution >= 4 is 22.6 Å². The second-order valence-electron chi connectivity index (χ2n) is 4.07. The van der Waals surface area contributed by atoms with Crippen LogP contribution in [0.15, 0.2) is 18.5 Å². The van der Waals surface area contributed by atoms with Gasteiger partial charge in [0.05, 0.1) is 0 Å². The van der Waals surface area contributed by atoms with E-state index in [0.717, 1.165) is 17.6 Å². The first kappa shape index (κ1) is 11.4. The molecule has 0 aromatic carbocycles. The number of hydrogen-bond donors (Lipinski definition) is 0. The Morgan fingerprint density at radius 2 is 2.12 bits per heavy atom. The number of fused-ring (bicyclic) bond motifs is 1. The molecule has 4 heteroatoms. The van der Waals surface area contributed by atoms with Crippen LogP contribution in [0.1, 0.15) is 26.7 Å². The van der Waals surface area contributed by atoms with Crippen molar-refractivity contribution in [1.82, 2.24) is 14.5 Å². The third-order valence-electron chi connectivity index (χ3n) is 3.08. The van der Waals surface area contributed by atoms with Gasteiger partial charge in [0.25, 0.3) is 0 Å². The molecule has 0 saturated heterocycles. The van der Waals surface area contributed by atoms with Gasteiger partial charge in [-0.2, -0.15) is 4.98 Å². The summed E-state index contributed by atoms with van der Waals surface area (Å²) in [4.78, 5) is 8.26. The zero-order chi connectivity index (χ0) is 11.5. The molecule has 2 heterocycles. The van der Waals surface area contributed by atoms with Crippen molar-refractivity contribution in [1.29, 1.82) is 0 Å². The lowest BCUT2D eigenvalue weighted by Gasteiger charge is -2.13. The summed E-state index contributed by atoms with van der Waals surface area (Å²) in [6.45, 7) is 5.45. The molecule has 0 atom stereocenters. The first-order valence-corrected chi connectivity index (χ1v) is 6.09. The molecule has 0 amide bonds. The van der Waals surface area contributed by atoms with Gasteiger partial charge in [0, 0.05) is 24.3 Å². The zero-order valence-electron chi connectivity index (χ0n) is 9.65. The van der Waals surface area contributed by atoms with Crippen LogP contribution in [0.25, 0.3) is 11.0 Å². The summed E-state index contributed by atoms with van der Waals surface area (Å²) in [6.07, 6.45) is 6.21. The highest BCUT2D eigenvalue weighted by atomic mass is 35.5. The zero-order valence-corrected chi connectivity index (χ0v) is 10.4. The topological polar surface area (TPSA) is 30.7 Å². The monoisotopic (exact) mass is 237 g/mol. The predicted octanol–water partition coefficient (Wildman–Crippen LogP) is 3.52. The molecular weight excluding hydrogens is 222 g/mol. The third kappa shape index (κ3) is 2.19. The van der Waals surface area contributed by atoms with E-state index in [1.165, 1.54) is 12.8 Å². The lowest BCUT2D eigenvalue weighted by molar-refractivity contribution is 0.424. The number of hydrogen-bond acceptors (Lipinski definition) is 2. The van der Waals surface area contributed by atoms with Gasteiger partial charge in [-0.15, -0.1) is 0 Å². The van der Waals surface area contributed by atoms with Gasteiger partial charge in [-0.05, 0) is 23.6 Å². The van der Waals surface area contributed by atoms with Crippen molar-refractivity contribution in [3.63, 3.8) is 0 Å². The van der Waals surface area contributed by atoms with E-state index in [1.807, 2.05) is 6.07 Å². The molecule has 0 aliphatic carbocycles. The first-order chi connectivity index (χ1) is 7.74. The average Bonchev–Trinajstić information content (AvgIpc) is 2.68. The van der Waals surface area contributed by atoms with E-state index in [1.54, 1.807) is 6.20 Å². The fourth-order valence-corrected chi connectivity index (χ4v) is 2.05. The predicted molar refractivity (Wildman–Crippen MR) is 66.6 cm³/mol. The fraction of sp³-hybridized carbons (Fsp3) is 0.500. The maximum absolute atomic E-state index is 5.82. The number of aromatic nitrogens is 3. The maximum atomic E-state index is 5.82. The fourth-order valence-electron chi connectivity index (χ4n) is 1.92. The Hall–Kier alpha value is -1.09. The smallest absolute Gasteiger partial charge is 0.224 e. The van der Waals surface area contributed by atoms with E-state index in [0.29, 0.717) is 11.2 Å². The van der Waals surface area contributed by atoms with Crippen molar-refractivity contribution in [2.75, 3.05) is 0 Å². The summed E-state index contributed by atoms with van der Waals surface area (Å²) in [5.74, 6) is 0.698. The Morgan fingerprint density at radius 3 is 2.81 bits per heavy atom. The minimum atomic E-state index is 0.317. The lowest BCUT2D eigenvalue weighted by atomic mass is 10.0. The molecule has 16 heavy (non-hydrogen) atoms. The van der Waals surface area contributed by atoms with E-state index < -0.39 is 0 Å².